The molecule has 3 aromatic rings. The molecule has 7 nitrogen and oxygen atoms in total. The van der Waals surface area contributed by atoms with Gasteiger partial charge in [-0.1, -0.05) is 23.8 Å². The maximum atomic E-state index is 14.6. The Labute approximate surface area is 243 Å². The number of hydrogen-bond acceptors (Lipinski definition) is 5. The molecule has 3 aromatic carbocycles. The second kappa shape index (κ2) is 12.5. The van der Waals surface area contributed by atoms with Crippen molar-refractivity contribution in [1.82, 2.24) is 0 Å². The van der Waals surface area contributed by atoms with Crippen molar-refractivity contribution in [2.24, 2.45) is 0 Å². The van der Waals surface area contributed by atoms with E-state index in [1.54, 1.807) is 38.1 Å². The van der Waals surface area contributed by atoms with E-state index in [0.717, 1.165) is 18.7 Å². The first-order chi connectivity index (χ1) is 20.4. The van der Waals surface area contributed by atoms with Crippen molar-refractivity contribution in [3.05, 3.63) is 76.9 Å². The lowest BCUT2D eigenvalue weighted by molar-refractivity contribution is -0.348. The number of halogens is 9. The summed E-state index contributed by atoms with van der Waals surface area (Å²) in [5, 5.41) is 12.1. The van der Waals surface area contributed by atoms with Crippen LogP contribution in [-0.4, -0.2) is 49.5 Å². The van der Waals surface area contributed by atoms with E-state index in [-0.39, 0.29) is 35.7 Å². The molecule has 0 aromatic heterocycles. The van der Waals surface area contributed by atoms with Crippen LogP contribution in [0, 0.1) is 6.92 Å². The third-order valence-corrected chi connectivity index (χ3v) is 6.31. The molecular formula is C28H23F9N2O5. The maximum absolute atomic E-state index is 14.6. The van der Waals surface area contributed by atoms with Crippen LogP contribution in [0.15, 0.2) is 54.6 Å². The lowest BCUT2D eigenvalue weighted by Crippen LogP contribution is -2.50. The van der Waals surface area contributed by atoms with Gasteiger partial charge >= 0.3 is 24.6 Å². The molecule has 238 valence electrons. The van der Waals surface area contributed by atoms with Crippen LogP contribution in [0.4, 0.5) is 50.9 Å². The van der Waals surface area contributed by atoms with Gasteiger partial charge in [0.15, 0.2) is 11.5 Å². The van der Waals surface area contributed by atoms with E-state index in [2.05, 4.69) is 4.74 Å². The van der Waals surface area contributed by atoms with E-state index in [1.165, 1.54) is 17.0 Å². The first-order valence-electron chi connectivity index (χ1n) is 12.4. The highest BCUT2D eigenvalue weighted by Crippen LogP contribution is 2.55. The Morgan fingerprint density at radius 2 is 1.55 bits per heavy atom. The van der Waals surface area contributed by atoms with Gasteiger partial charge in [-0.25, -0.2) is 4.39 Å². The quantitative estimate of drug-likeness (QED) is 0.187. The normalized spacial score (nSPS) is 12.2. The van der Waals surface area contributed by atoms with Crippen molar-refractivity contribution in [3.8, 4) is 17.2 Å². The van der Waals surface area contributed by atoms with Gasteiger partial charge in [0, 0.05) is 17.7 Å². The molecule has 2 amide bonds. The van der Waals surface area contributed by atoms with Gasteiger partial charge in [-0.2, -0.15) is 35.1 Å². The number of phenolic OH excluding ortho intramolecular Hbond substituents is 1. The van der Waals surface area contributed by atoms with E-state index in [4.69, 9.17) is 4.74 Å². The molecule has 0 saturated carbocycles. The lowest BCUT2D eigenvalue weighted by Gasteiger charge is -2.31. The molecule has 0 atom stereocenters. The highest BCUT2D eigenvalue weighted by Gasteiger charge is 2.73. The number of nitrogens with one attached hydrogen (secondary N) is 1. The first kappa shape index (κ1) is 33.9. The van der Waals surface area contributed by atoms with Crippen molar-refractivity contribution >= 4 is 23.2 Å². The number of carbonyl (C=O) groups excluding carboxylic acids is 2. The minimum Gasteiger partial charge on any atom is -0.506 e. The molecular weight excluding hydrogens is 615 g/mol. The van der Waals surface area contributed by atoms with Crippen molar-refractivity contribution in [2.45, 2.75) is 38.5 Å². The van der Waals surface area contributed by atoms with Crippen LogP contribution in [0.2, 0.25) is 0 Å². The van der Waals surface area contributed by atoms with Crippen LogP contribution in [-0.2, 0) is 5.67 Å². The fraction of sp³-hybridized carbons (Fsp3) is 0.286. The van der Waals surface area contributed by atoms with Crippen LogP contribution in [0.25, 0.3) is 0 Å². The number of alkyl halides is 9. The van der Waals surface area contributed by atoms with E-state index < -0.39 is 64.8 Å². The molecule has 2 N–H and O–H groups in total. The van der Waals surface area contributed by atoms with Gasteiger partial charge in [0.2, 0.25) is 0 Å². The average Bonchev–Trinajstić information content (AvgIpc) is 2.93. The van der Waals surface area contributed by atoms with Gasteiger partial charge in [0.25, 0.3) is 11.8 Å². The third kappa shape index (κ3) is 6.48. The molecule has 0 heterocycles. The minimum absolute atomic E-state index is 0.0504. The van der Waals surface area contributed by atoms with Crippen LogP contribution in [0.1, 0.15) is 38.8 Å². The molecule has 0 aliphatic heterocycles. The second-order valence-electron chi connectivity index (χ2n) is 9.13. The largest absolute Gasteiger partial charge is 0.506 e. The summed E-state index contributed by atoms with van der Waals surface area (Å²) in [5.41, 5.74) is -8.86. The number of benzene rings is 3. The zero-order valence-corrected chi connectivity index (χ0v) is 22.9. The Hall–Kier alpha value is -4.63. The number of aryl methyl sites for hydroxylation is 1. The molecule has 0 saturated heterocycles. The zero-order valence-electron chi connectivity index (χ0n) is 22.9. The number of anilines is 2. The van der Waals surface area contributed by atoms with Gasteiger partial charge in [-0.15, -0.1) is 0 Å². The number of nitrogens with zero attached hydrogens (tertiary/aromatic N) is 1. The number of aromatic hydroxyl groups is 1. The number of para-hydroxylation sites is 1. The van der Waals surface area contributed by atoms with Crippen LogP contribution in [0.5, 0.6) is 17.2 Å². The molecule has 0 bridgehead atoms. The van der Waals surface area contributed by atoms with Crippen molar-refractivity contribution in [2.75, 3.05) is 23.9 Å². The summed E-state index contributed by atoms with van der Waals surface area (Å²) < 4.78 is 130. The SMILES string of the molecule is CCN(C(=O)c1ccc(C)cc1)c1cccc(C(=O)Nc2c(O)cc(C(F)(C(F)(F)F)C(F)(F)F)cc2OC(F)F)c1OC. The topological polar surface area (TPSA) is 88.1 Å². The lowest BCUT2D eigenvalue weighted by atomic mass is 9.93. The smallest absolute Gasteiger partial charge is 0.435 e. The van der Waals surface area contributed by atoms with Crippen LogP contribution >= 0.6 is 0 Å². The fourth-order valence-corrected chi connectivity index (χ4v) is 4.19. The third-order valence-electron chi connectivity index (χ3n) is 6.31. The number of methoxy groups -OCH3 is 1. The highest BCUT2D eigenvalue weighted by molar-refractivity contribution is 6.11. The number of phenols is 1. The van der Waals surface area contributed by atoms with E-state index >= 15 is 0 Å². The summed E-state index contributed by atoms with van der Waals surface area (Å²) in [5.74, 6) is -5.33. The van der Waals surface area contributed by atoms with Gasteiger partial charge in [0.1, 0.15) is 11.4 Å². The van der Waals surface area contributed by atoms with Gasteiger partial charge in [0.05, 0.1) is 18.4 Å². The first-order valence-corrected chi connectivity index (χ1v) is 12.4. The number of hydrogen-bond donors (Lipinski definition) is 2. The Kier molecular flexibility index (Phi) is 9.65. The average molecular weight is 638 g/mol. The molecule has 0 fully saturated rings. The zero-order chi connectivity index (χ0) is 33.2. The molecule has 0 spiro atoms. The predicted octanol–water partition coefficient (Wildman–Crippen LogP) is 7.52. The van der Waals surface area contributed by atoms with Crippen LogP contribution < -0.4 is 19.7 Å². The van der Waals surface area contributed by atoms with Gasteiger partial charge in [-0.05, 0) is 50.2 Å². The number of amides is 2. The molecule has 0 radical (unpaired) electrons. The number of carbonyl (C=O) groups is 2. The van der Waals surface area contributed by atoms with Crippen LogP contribution in [0.3, 0.4) is 0 Å². The highest BCUT2D eigenvalue weighted by atomic mass is 19.4. The minimum atomic E-state index is -6.64. The molecule has 0 aliphatic rings. The van der Waals surface area contributed by atoms with E-state index in [1.807, 2.05) is 5.32 Å². The summed E-state index contributed by atoms with van der Waals surface area (Å²) in [4.78, 5) is 27.7. The molecule has 3 rings (SSSR count). The fourth-order valence-electron chi connectivity index (χ4n) is 4.19. The monoisotopic (exact) mass is 638 g/mol. The Morgan fingerprint density at radius 1 is 0.955 bits per heavy atom. The second-order valence-corrected chi connectivity index (χ2v) is 9.13. The van der Waals surface area contributed by atoms with Crippen molar-refractivity contribution in [1.29, 1.82) is 0 Å². The molecule has 16 heteroatoms. The van der Waals surface area contributed by atoms with Crippen molar-refractivity contribution < 1.29 is 63.7 Å². The Bertz CT molecular complexity index is 1510. The summed E-state index contributed by atoms with van der Waals surface area (Å²) in [6.07, 6.45) is -13.3. The Morgan fingerprint density at radius 3 is 2.05 bits per heavy atom. The molecule has 44 heavy (non-hydrogen) atoms. The Balaban J connectivity index is 2.11. The number of ether oxygens (including phenoxy) is 2. The van der Waals surface area contributed by atoms with Gasteiger partial charge < -0.3 is 24.8 Å². The maximum Gasteiger partial charge on any atom is 0.435 e. The van der Waals surface area contributed by atoms with Crippen molar-refractivity contribution in [3.63, 3.8) is 0 Å². The van der Waals surface area contributed by atoms with E-state index in [0.29, 0.717) is 0 Å². The molecule has 0 aliphatic carbocycles. The molecule has 0 unspecified atom stereocenters. The summed E-state index contributed by atoms with van der Waals surface area (Å²) in [7, 11) is 1.12. The summed E-state index contributed by atoms with van der Waals surface area (Å²) >= 11 is 0. The predicted molar refractivity (Wildman–Crippen MR) is 139 cm³/mol. The standard InChI is InChI=1S/C28H23F9N2O5/c1-4-39(24(42)15-10-8-14(2)9-11-15)18-7-5-6-17(22(18)43-3)23(41)38-21-19(40)12-16(13-20(21)44-25(29)30)26(31,27(32,33)34)28(35,36)37/h5-13,25,40H,4H2,1-3H3,(H,38,41). The van der Waals surface area contributed by atoms with E-state index in [9.17, 15) is 54.2 Å². The number of rotatable bonds is 9. The summed E-state index contributed by atoms with van der Waals surface area (Å²) in [6, 6.07) is 9.62. The van der Waals surface area contributed by atoms with Gasteiger partial charge in [-0.3, -0.25) is 9.59 Å². The summed E-state index contributed by atoms with van der Waals surface area (Å²) in [6.45, 7) is -0.416.